The monoisotopic (exact) mass is 478 g/mol. The molecule has 9 heteroatoms. The molecule has 0 unspecified atom stereocenters. The van der Waals surface area contributed by atoms with Gasteiger partial charge in [0.15, 0.2) is 4.34 Å². The van der Waals surface area contributed by atoms with Gasteiger partial charge in [0, 0.05) is 11.4 Å². The molecule has 0 aliphatic rings. The molecular weight excluding hydrogens is 456 g/mol. The summed E-state index contributed by atoms with van der Waals surface area (Å²) in [7, 11) is 0. The zero-order valence-corrected chi connectivity index (χ0v) is 19.5. The van der Waals surface area contributed by atoms with E-state index < -0.39 is 0 Å². The minimum Gasteiger partial charge on any atom is -0.494 e. The lowest BCUT2D eigenvalue weighted by Gasteiger charge is -2.07. The fourth-order valence-electron chi connectivity index (χ4n) is 2.80. The van der Waals surface area contributed by atoms with Crippen LogP contribution in [-0.4, -0.2) is 28.5 Å². The van der Waals surface area contributed by atoms with E-state index >= 15 is 0 Å². The van der Waals surface area contributed by atoms with Crippen LogP contribution in [0.1, 0.15) is 6.92 Å². The van der Waals surface area contributed by atoms with Crippen molar-refractivity contribution in [3.63, 3.8) is 0 Å². The van der Waals surface area contributed by atoms with Crippen LogP contribution in [0.25, 0.3) is 0 Å². The van der Waals surface area contributed by atoms with E-state index in [1.165, 1.54) is 23.1 Å². The topological polar surface area (TPSA) is 85.4 Å². The highest BCUT2D eigenvalue weighted by Gasteiger charge is 2.09. The van der Waals surface area contributed by atoms with Crippen LogP contribution in [0.15, 0.2) is 83.2 Å². The Morgan fingerprint density at radius 3 is 2.27 bits per heavy atom. The summed E-state index contributed by atoms with van der Waals surface area (Å²) in [6.07, 6.45) is 0. The highest BCUT2D eigenvalue weighted by molar-refractivity contribution is 8.01. The second-order valence-electron chi connectivity index (χ2n) is 6.73. The quantitative estimate of drug-likeness (QED) is 0.262. The number of para-hydroxylation sites is 1. The fraction of sp³-hybridized carbons (Fsp3) is 0.125. The number of anilines is 3. The number of ether oxygens (including phenoxy) is 2. The second kappa shape index (κ2) is 11.3. The van der Waals surface area contributed by atoms with Crippen molar-refractivity contribution in [2.24, 2.45) is 0 Å². The number of amides is 1. The van der Waals surface area contributed by atoms with Gasteiger partial charge in [0.05, 0.1) is 12.4 Å². The SMILES string of the molecule is CCOc1ccc(NC(=O)CSc2nnc(Nc3ccc(Oc4ccccc4)cc3)s2)cc1. The number of aromatic nitrogens is 2. The molecule has 0 bridgehead atoms. The van der Waals surface area contributed by atoms with Gasteiger partial charge in [-0.25, -0.2) is 0 Å². The summed E-state index contributed by atoms with van der Waals surface area (Å²) in [5.41, 5.74) is 1.60. The molecule has 0 atom stereocenters. The number of hydrogen-bond donors (Lipinski definition) is 2. The Morgan fingerprint density at radius 2 is 1.55 bits per heavy atom. The normalized spacial score (nSPS) is 10.5. The van der Waals surface area contributed by atoms with Gasteiger partial charge in [0.25, 0.3) is 0 Å². The van der Waals surface area contributed by atoms with E-state index in [2.05, 4.69) is 20.8 Å². The number of carbonyl (C=O) groups is 1. The standard InChI is InChI=1S/C24H22N4O3S2/c1-2-30-19-12-8-17(9-13-19)25-22(29)16-32-24-28-27-23(33-24)26-18-10-14-21(15-11-18)31-20-6-4-3-5-7-20/h3-15H,2,16H2,1H3,(H,25,29)(H,26,27). The van der Waals surface area contributed by atoms with Crippen LogP contribution in [0.5, 0.6) is 17.2 Å². The number of thioether (sulfide) groups is 1. The van der Waals surface area contributed by atoms with Gasteiger partial charge in [-0.05, 0) is 67.6 Å². The van der Waals surface area contributed by atoms with Gasteiger partial charge in [-0.1, -0.05) is 41.3 Å². The summed E-state index contributed by atoms with van der Waals surface area (Å²) in [5, 5.41) is 15.0. The number of carbonyl (C=O) groups excluding carboxylic acids is 1. The van der Waals surface area contributed by atoms with Crippen molar-refractivity contribution in [1.29, 1.82) is 0 Å². The molecule has 1 aromatic heterocycles. The molecule has 0 aliphatic carbocycles. The Kier molecular flexibility index (Phi) is 7.78. The minimum absolute atomic E-state index is 0.108. The summed E-state index contributed by atoms with van der Waals surface area (Å²) in [6.45, 7) is 2.54. The van der Waals surface area contributed by atoms with Crippen LogP contribution < -0.4 is 20.1 Å². The fourth-order valence-corrected chi connectivity index (χ4v) is 4.37. The molecule has 0 saturated heterocycles. The first kappa shape index (κ1) is 22.6. The van der Waals surface area contributed by atoms with Crippen molar-refractivity contribution >= 4 is 45.5 Å². The molecule has 3 aromatic carbocycles. The van der Waals surface area contributed by atoms with Gasteiger partial charge in [-0.2, -0.15) is 0 Å². The number of benzene rings is 3. The lowest BCUT2D eigenvalue weighted by atomic mass is 10.3. The Morgan fingerprint density at radius 1 is 0.879 bits per heavy atom. The van der Waals surface area contributed by atoms with Crippen molar-refractivity contribution in [1.82, 2.24) is 10.2 Å². The van der Waals surface area contributed by atoms with E-state index in [9.17, 15) is 4.79 Å². The first-order valence-electron chi connectivity index (χ1n) is 10.3. The summed E-state index contributed by atoms with van der Waals surface area (Å²) in [6, 6.07) is 24.5. The van der Waals surface area contributed by atoms with Crippen molar-refractivity contribution < 1.29 is 14.3 Å². The van der Waals surface area contributed by atoms with Crippen LogP contribution in [0.3, 0.4) is 0 Å². The molecule has 0 spiro atoms. The molecule has 4 aromatic rings. The lowest BCUT2D eigenvalue weighted by molar-refractivity contribution is -0.113. The summed E-state index contributed by atoms with van der Waals surface area (Å²) in [4.78, 5) is 12.2. The molecule has 0 radical (unpaired) electrons. The smallest absolute Gasteiger partial charge is 0.234 e. The van der Waals surface area contributed by atoms with Crippen molar-refractivity contribution in [3.05, 3.63) is 78.9 Å². The van der Waals surface area contributed by atoms with Gasteiger partial charge in [0.2, 0.25) is 11.0 Å². The molecular formula is C24H22N4O3S2. The minimum atomic E-state index is -0.108. The predicted molar refractivity (Wildman–Crippen MR) is 133 cm³/mol. The van der Waals surface area contributed by atoms with E-state index in [4.69, 9.17) is 9.47 Å². The molecule has 0 fully saturated rings. The Hall–Kier alpha value is -3.56. The van der Waals surface area contributed by atoms with Gasteiger partial charge in [-0.3, -0.25) is 4.79 Å². The average molecular weight is 479 g/mol. The second-order valence-corrected chi connectivity index (χ2v) is 8.93. The number of nitrogens with one attached hydrogen (secondary N) is 2. The van der Waals surface area contributed by atoms with Gasteiger partial charge < -0.3 is 20.1 Å². The molecule has 33 heavy (non-hydrogen) atoms. The third kappa shape index (κ3) is 6.96. The number of hydrogen-bond acceptors (Lipinski definition) is 8. The Bertz CT molecular complexity index is 1170. The molecule has 1 amide bonds. The molecule has 4 rings (SSSR count). The predicted octanol–water partition coefficient (Wildman–Crippen LogP) is 6.20. The molecule has 7 nitrogen and oxygen atoms in total. The van der Waals surface area contributed by atoms with Crippen LogP contribution in [0.2, 0.25) is 0 Å². The third-order valence-corrected chi connectivity index (χ3v) is 6.24. The zero-order valence-electron chi connectivity index (χ0n) is 17.9. The van der Waals surface area contributed by atoms with Crippen LogP contribution in [0.4, 0.5) is 16.5 Å². The van der Waals surface area contributed by atoms with Crippen LogP contribution in [-0.2, 0) is 4.79 Å². The highest BCUT2D eigenvalue weighted by Crippen LogP contribution is 2.29. The maximum absolute atomic E-state index is 12.2. The molecule has 1 heterocycles. The molecule has 0 aliphatic heterocycles. The van der Waals surface area contributed by atoms with Crippen molar-refractivity contribution in [2.45, 2.75) is 11.3 Å². The largest absolute Gasteiger partial charge is 0.494 e. The van der Waals surface area contributed by atoms with E-state index in [1.807, 2.05) is 85.8 Å². The van der Waals surface area contributed by atoms with Crippen LogP contribution in [0, 0.1) is 0 Å². The van der Waals surface area contributed by atoms with Crippen LogP contribution >= 0.6 is 23.1 Å². The van der Waals surface area contributed by atoms with E-state index in [0.717, 1.165) is 28.6 Å². The van der Waals surface area contributed by atoms with Crippen molar-refractivity contribution in [2.75, 3.05) is 23.0 Å². The maximum Gasteiger partial charge on any atom is 0.234 e. The van der Waals surface area contributed by atoms with Gasteiger partial charge in [-0.15, -0.1) is 10.2 Å². The zero-order chi connectivity index (χ0) is 22.9. The number of rotatable bonds is 10. The molecule has 168 valence electrons. The average Bonchev–Trinajstić information content (AvgIpc) is 3.28. The van der Waals surface area contributed by atoms with Gasteiger partial charge >= 0.3 is 0 Å². The summed E-state index contributed by atoms with van der Waals surface area (Å²) in [5.74, 6) is 2.45. The van der Waals surface area contributed by atoms with E-state index in [-0.39, 0.29) is 11.7 Å². The maximum atomic E-state index is 12.2. The van der Waals surface area contributed by atoms with Gasteiger partial charge in [0.1, 0.15) is 17.2 Å². The summed E-state index contributed by atoms with van der Waals surface area (Å²) >= 11 is 2.73. The van der Waals surface area contributed by atoms with E-state index in [0.29, 0.717) is 16.1 Å². The first-order chi connectivity index (χ1) is 16.2. The first-order valence-corrected chi connectivity index (χ1v) is 12.1. The van der Waals surface area contributed by atoms with E-state index in [1.54, 1.807) is 0 Å². The highest BCUT2D eigenvalue weighted by atomic mass is 32.2. The third-order valence-electron chi connectivity index (χ3n) is 4.27. The van der Waals surface area contributed by atoms with Crippen molar-refractivity contribution in [3.8, 4) is 17.2 Å². The lowest BCUT2D eigenvalue weighted by Crippen LogP contribution is -2.13. The summed E-state index contributed by atoms with van der Waals surface area (Å²) < 4.78 is 11.9. The Labute approximate surface area is 200 Å². The number of nitrogens with zero attached hydrogens (tertiary/aromatic N) is 2. The molecule has 0 saturated carbocycles. The Balaban J connectivity index is 1.24. The molecule has 2 N–H and O–H groups in total.